The Kier molecular flexibility index (Phi) is 9.67. The monoisotopic (exact) mass is 596 g/mol. The molecule has 8 nitrogen and oxygen atoms in total. The number of halogens is 1. The summed E-state index contributed by atoms with van der Waals surface area (Å²) in [6, 6.07) is 13.3. The molecule has 40 heavy (non-hydrogen) atoms. The molecule has 0 radical (unpaired) electrons. The van der Waals surface area contributed by atoms with Gasteiger partial charge in [0.1, 0.15) is 16.3 Å². The third kappa shape index (κ3) is 6.75. The van der Waals surface area contributed by atoms with E-state index >= 15 is 0 Å². The predicted molar refractivity (Wildman–Crippen MR) is 161 cm³/mol. The fourth-order valence-electron chi connectivity index (χ4n) is 3.95. The fourth-order valence-corrected chi connectivity index (χ4v) is 5.79. The Bertz CT molecular complexity index is 1530. The van der Waals surface area contributed by atoms with Crippen molar-refractivity contribution in [2.45, 2.75) is 38.6 Å². The van der Waals surface area contributed by atoms with Crippen LogP contribution in [0.4, 0.5) is 5.00 Å². The minimum atomic E-state index is -0.514. The first-order valence-electron chi connectivity index (χ1n) is 12.4. The molecule has 11 heteroatoms. The Balaban J connectivity index is 1.47. The number of allylic oxidation sites excluding steroid dienone is 1. The minimum absolute atomic E-state index is 0.0548. The summed E-state index contributed by atoms with van der Waals surface area (Å²) in [4.78, 5) is 25.6. The number of benzene rings is 2. The molecule has 0 aliphatic heterocycles. The van der Waals surface area contributed by atoms with Gasteiger partial charge in [-0.25, -0.2) is 4.79 Å². The number of hydrogen-bond donors (Lipinski definition) is 1. The lowest BCUT2D eigenvalue weighted by molar-refractivity contribution is -0.113. The molecule has 0 bridgehead atoms. The number of aryl methyl sites for hydroxylation is 2. The number of hydrogen-bond acceptors (Lipinski definition) is 8. The van der Waals surface area contributed by atoms with Crippen LogP contribution in [0.15, 0.2) is 65.7 Å². The summed E-state index contributed by atoms with van der Waals surface area (Å²) < 4.78 is 13.0. The number of rotatable bonds is 11. The lowest BCUT2D eigenvalue weighted by Crippen LogP contribution is -2.17. The zero-order valence-corrected chi connectivity index (χ0v) is 25.0. The van der Waals surface area contributed by atoms with Crippen molar-refractivity contribution in [2.75, 3.05) is 18.2 Å². The zero-order chi connectivity index (χ0) is 28.8. The van der Waals surface area contributed by atoms with Gasteiger partial charge in [0.2, 0.25) is 5.91 Å². The molecule has 1 atom stereocenters. The molecule has 2 aromatic heterocycles. The van der Waals surface area contributed by atoms with Gasteiger partial charge in [-0.2, -0.15) is 0 Å². The summed E-state index contributed by atoms with van der Waals surface area (Å²) in [7, 11) is 1.32. The molecule has 4 aromatic rings. The van der Waals surface area contributed by atoms with Gasteiger partial charge in [0.05, 0.1) is 12.9 Å². The number of carbonyl (C=O) groups excluding carboxylic acids is 2. The summed E-state index contributed by atoms with van der Waals surface area (Å²) in [5.74, 6) is 0.519. The van der Waals surface area contributed by atoms with Crippen LogP contribution in [-0.4, -0.2) is 39.5 Å². The number of carbonyl (C=O) groups is 2. The Morgan fingerprint density at radius 1 is 1.20 bits per heavy atom. The number of methoxy groups -OCH3 is 1. The number of ether oxygens (including phenoxy) is 2. The van der Waals surface area contributed by atoms with Gasteiger partial charge in [0.25, 0.3) is 0 Å². The van der Waals surface area contributed by atoms with E-state index in [0.29, 0.717) is 44.4 Å². The molecule has 0 spiro atoms. The van der Waals surface area contributed by atoms with E-state index in [4.69, 9.17) is 21.1 Å². The summed E-state index contributed by atoms with van der Waals surface area (Å²) in [5.41, 5.74) is 3.92. The third-order valence-electron chi connectivity index (χ3n) is 5.99. The molecular weight excluding hydrogens is 568 g/mol. The summed E-state index contributed by atoms with van der Waals surface area (Å²) in [6.45, 7) is 10.1. The highest BCUT2D eigenvalue weighted by Gasteiger charge is 2.24. The highest BCUT2D eigenvalue weighted by Crippen LogP contribution is 2.36. The molecule has 208 valence electrons. The van der Waals surface area contributed by atoms with Gasteiger partial charge < -0.3 is 14.8 Å². The van der Waals surface area contributed by atoms with E-state index in [0.717, 1.165) is 16.7 Å². The molecule has 0 aliphatic carbocycles. The second-order valence-corrected chi connectivity index (χ2v) is 11.2. The van der Waals surface area contributed by atoms with Gasteiger partial charge in [-0.15, -0.1) is 28.1 Å². The number of esters is 1. The number of nitrogens with one attached hydrogen (secondary N) is 1. The van der Waals surface area contributed by atoms with E-state index in [1.165, 1.54) is 30.2 Å². The lowest BCUT2D eigenvalue weighted by Gasteiger charge is -2.16. The van der Waals surface area contributed by atoms with E-state index < -0.39 is 12.1 Å². The van der Waals surface area contributed by atoms with Gasteiger partial charge in [-0.3, -0.25) is 9.36 Å². The normalized spacial score (nSPS) is 11.6. The van der Waals surface area contributed by atoms with Crippen molar-refractivity contribution in [1.82, 2.24) is 14.8 Å². The fraction of sp³-hybridized carbons (Fsp3) is 0.241. The maximum Gasteiger partial charge on any atom is 0.341 e. The molecule has 0 saturated heterocycles. The molecule has 0 fully saturated rings. The van der Waals surface area contributed by atoms with Gasteiger partial charge in [0, 0.05) is 22.5 Å². The van der Waals surface area contributed by atoms with Crippen LogP contribution < -0.4 is 10.1 Å². The molecular formula is C29H29ClN4O4S2. The van der Waals surface area contributed by atoms with Crippen LogP contribution in [0.1, 0.15) is 40.3 Å². The standard InChI is InChI=1S/C29H29ClN4O4S2/c1-6-13-34-26(19(4)38-21-11-12-23(30)18(3)14-21)32-33-29(34)40-16-24(35)31-27-25(28(36)37-5)22(15-39-27)20-9-7-17(2)8-10-20/h6-12,14-15,19H,1,13,16H2,2-5H3,(H,31,35). The Morgan fingerprint density at radius 3 is 2.62 bits per heavy atom. The smallest absolute Gasteiger partial charge is 0.341 e. The van der Waals surface area contributed by atoms with Crippen molar-refractivity contribution in [3.8, 4) is 16.9 Å². The summed E-state index contributed by atoms with van der Waals surface area (Å²) in [6.07, 6.45) is 1.32. The van der Waals surface area contributed by atoms with Gasteiger partial charge >= 0.3 is 5.97 Å². The van der Waals surface area contributed by atoms with Crippen molar-refractivity contribution in [1.29, 1.82) is 0 Å². The molecule has 1 unspecified atom stereocenters. The largest absolute Gasteiger partial charge is 0.483 e. The Labute approximate surface area is 246 Å². The number of amides is 1. The van der Waals surface area contributed by atoms with Crippen LogP contribution in [0.5, 0.6) is 5.75 Å². The number of anilines is 1. The first kappa shape index (κ1) is 29.4. The SMILES string of the molecule is C=CCn1c(SCC(=O)Nc2scc(-c3ccc(C)cc3)c2C(=O)OC)nnc1C(C)Oc1ccc(Cl)c(C)c1. The van der Waals surface area contributed by atoms with Crippen molar-refractivity contribution in [2.24, 2.45) is 0 Å². The third-order valence-corrected chi connectivity index (χ3v) is 8.28. The molecule has 0 aliphatic rings. The zero-order valence-electron chi connectivity index (χ0n) is 22.6. The van der Waals surface area contributed by atoms with Crippen LogP contribution in [0.3, 0.4) is 0 Å². The molecule has 1 N–H and O–H groups in total. The summed E-state index contributed by atoms with van der Waals surface area (Å²) in [5, 5.41) is 15.0. The second-order valence-electron chi connectivity index (χ2n) is 8.96. The van der Waals surface area contributed by atoms with Crippen LogP contribution in [0, 0.1) is 13.8 Å². The Morgan fingerprint density at radius 2 is 1.95 bits per heavy atom. The summed E-state index contributed by atoms with van der Waals surface area (Å²) >= 11 is 8.64. The average Bonchev–Trinajstić information content (AvgIpc) is 3.54. The van der Waals surface area contributed by atoms with Crippen LogP contribution in [-0.2, 0) is 16.1 Å². The average molecular weight is 597 g/mol. The molecule has 2 aromatic carbocycles. The van der Waals surface area contributed by atoms with E-state index in [-0.39, 0.29) is 11.7 Å². The first-order chi connectivity index (χ1) is 19.2. The molecule has 1 amide bonds. The number of aromatic nitrogens is 3. The maximum atomic E-state index is 13.0. The molecule has 4 rings (SSSR count). The van der Waals surface area contributed by atoms with Crippen molar-refractivity contribution in [3.63, 3.8) is 0 Å². The van der Waals surface area contributed by atoms with Crippen LogP contribution >= 0.6 is 34.7 Å². The van der Waals surface area contributed by atoms with E-state index in [1.807, 2.05) is 61.1 Å². The van der Waals surface area contributed by atoms with Gasteiger partial charge in [0.15, 0.2) is 17.1 Å². The van der Waals surface area contributed by atoms with Crippen molar-refractivity contribution >= 4 is 51.6 Å². The van der Waals surface area contributed by atoms with Crippen molar-refractivity contribution in [3.05, 3.63) is 88.0 Å². The van der Waals surface area contributed by atoms with Gasteiger partial charge in [-0.1, -0.05) is 59.3 Å². The quantitative estimate of drug-likeness (QED) is 0.112. The highest BCUT2D eigenvalue weighted by atomic mass is 35.5. The number of nitrogens with zero attached hydrogens (tertiary/aromatic N) is 3. The second kappa shape index (κ2) is 13.2. The first-order valence-corrected chi connectivity index (χ1v) is 14.6. The molecule has 0 saturated carbocycles. The minimum Gasteiger partial charge on any atom is -0.483 e. The van der Waals surface area contributed by atoms with Crippen LogP contribution in [0.2, 0.25) is 5.02 Å². The van der Waals surface area contributed by atoms with Crippen LogP contribution in [0.25, 0.3) is 11.1 Å². The Hall–Kier alpha value is -3.60. The maximum absolute atomic E-state index is 13.0. The molecule has 2 heterocycles. The lowest BCUT2D eigenvalue weighted by atomic mass is 10.0. The predicted octanol–water partition coefficient (Wildman–Crippen LogP) is 7.12. The van der Waals surface area contributed by atoms with E-state index in [2.05, 4.69) is 22.1 Å². The number of thioether (sulfide) groups is 1. The van der Waals surface area contributed by atoms with E-state index in [1.54, 1.807) is 18.2 Å². The van der Waals surface area contributed by atoms with Crippen molar-refractivity contribution < 1.29 is 19.1 Å². The highest BCUT2D eigenvalue weighted by molar-refractivity contribution is 7.99. The number of thiophene rings is 1. The topological polar surface area (TPSA) is 95.3 Å². The van der Waals surface area contributed by atoms with Gasteiger partial charge in [-0.05, 0) is 50.1 Å². The van der Waals surface area contributed by atoms with E-state index in [9.17, 15) is 9.59 Å².